The van der Waals surface area contributed by atoms with Crippen LogP contribution >= 0.6 is 0 Å². The summed E-state index contributed by atoms with van der Waals surface area (Å²) in [6, 6.07) is 18.3. The number of rotatable bonds is 1. The highest BCUT2D eigenvalue weighted by atomic mass is 16.5. The molecule has 0 atom stereocenters. The number of nitrogens with zero attached hydrogens (tertiary/aromatic N) is 1. The van der Waals surface area contributed by atoms with Gasteiger partial charge in [0.1, 0.15) is 17.1 Å². The lowest BCUT2D eigenvalue weighted by Gasteiger charge is -2.36. The van der Waals surface area contributed by atoms with Crippen LogP contribution < -0.4 is 4.74 Å². The van der Waals surface area contributed by atoms with Crippen molar-refractivity contribution in [3.8, 4) is 22.8 Å². The van der Waals surface area contributed by atoms with Gasteiger partial charge in [-0.15, -0.1) is 0 Å². The van der Waals surface area contributed by atoms with Gasteiger partial charge in [-0.25, -0.2) is 0 Å². The molecule has 4 aromatic rings. The molecule has 0 bridgehead atoms. The van der Waals surface area contributed by atoms with Crippen LogP contribution in [0, 0.1) is 0 Å². The fraction of sp³-hybridized carbons (Fsp3) is 0.136. The predicted molar refractivity (Wildman–Crippen MR) is 98.1 cm³/mol. The molecule has 0 spiro atoms. The number of pyridine rings is 1. The molecule has 2 aromatic heterocycles. The van der Waals surface area contributed by atoms with Gasteiger partial charge in [-0.2, -0.15) is 0 Å². The predicted octanol–water partition coefficient (Wildman–Crippen LogP) is 5.93. The van der Waals surface area contributed by atoms with Gasteiger partial charge in [0.25, 0.3) is 0 Å². The lowest BCUT2D eigenvalue weighted by molar-refractivity contribution is 0.419. The number of ether oxygens (including phenoxy) is 1. The summed E-state index contributed by atoms with van der Waals surface area (Å²) in [5.74, 6) is 1.81. The molecule has 1 aliphatic heterocycles. The van der Waals surface area contributed by atoms with Crippen LogP contribution in [0.15, 0.2) is 71.5 Å². The molecular weight excluding hydrogens is 310 g/mol. The molecule has 0 saturated carbocycles. The number of aromatic nitrogens is 1. The van der Waals surface area contributed by atoms with Gasteiger partial charge in [0.05, 0.1) is 12.0 Å². The zero-order chi connectivity index (χ0) is 17.0. The maximum Gasteiger partial charge on any atom is 0.137 e. The summed E-state index contributed by atoms with van der Waals surface area (Å²) in [5.41, 5.74) is 5.03. The van der Waals surface area contributed by atoms with Crippen molar-refractivity contribution in [2.75, 3.05) is 0 Å². The van der Waals surface area contributed by atoms with Crippen LogP contribution in [0.25, 0.3) is 22.2 Å². The highest BCUT2D eigenvalue weighted by Gasteiger charge is 2.36. The minimum atomic E-state index is -0.186. The van der Waals surface area contributed by atoms with Crippen LogP contribution in [0.2, 0.25) is 0 Å². The van der Waals surface area contributed by atoms with Gasteiger partial charge in [-0.3, -0.25) is 4.98 Å². The van der Waals surface area contributed by atoms with E-state index in [-0.39, 0.29) is 5.41 Å². The summed E-state index contributed by atoms with van der Waals surface area (Å²) in [7, 11) is 0. The summed E-state index contributed by atoms with van der Waals surface area (Å²) in [6.07, 6.45) is 3.51. The van der Waals surface area contributed by atoms with Crippen molar-refractivity contribution < 1.29 is 9.15 Å². The Kier molecular flexibility index (Phi) is 2.84. The lowest BCUT2D eigenvalue weighted by atomic mass is 9.73. The summed E-state index contributed by atoms with van der Waals surface area (Å²) in [5, 5.41) is 1.02. The minimum Gasteiger partial charge on any atom is -0.464 e. The molecule has 5 rings (SSSR count). The topological polar surface area (TPSA) is 35.3 Å². The Morgan fingerprint density at radius 3 is 2.64 bits per heavy atom. The summed E-state index contributed by atoms with van der Waals surface area (Å²) < 4.78 is 11.8. The van der Waals surface area contributed by atoms with E-state index in [1.54, 1.807) is 12.5 Å². The molecule has 3 heterocycles. The Morgan fingerprint density at radius 2 is 1.72 bits per heavy atom. The van der Waals surface area contributed by atoms with Gasteiger partial charge in [0.2, 0.25) is 0 Å². The molecular formula is C22H17NO2. The highest BCUT2D eigenvalue weighted by Crippen LogP contribution is 2.51. The first kappa shape index (κ1) is 14.3. The third-order valence-corrected chi connectivity index (χ3v) is 5.07. The lowest BCUT2D eigenvalue weighted by Crippen LogP contribution is -2.25. The van der Waals surface area contributed by atoms with Crippen LogP contribution in [0.1, 0.15) is 25.0 Å². The van der Waals surface area contributed by atoms with Crippen molar-refractivity contribution in [3.63, 3.8) is 0 Å². The molecule has 0 unspecified atom stereocenters. The number of furan rings is 1. The Balaban J connectivity index is 1.83. The second-order valence-corrected chi connectivity index (χ2v) is 6.89. The molecule has 0 N–H and O–H groups in total. The first-order valence-corrected chi connectivity index (χ1v) is 8.40. The summed E-state index contributed by atoms with van der Waals surface area (Å²) in [6.45, 7) is 4.48. The molecule has 3 nitrogen and oxygen atoms in total. The number of benzene rings is 2. The molecule has 0 aliphatic carbocycles. The quantitative estimate of drug-likeness (QED) is 0.435. The third kappa shape index (κ3) is 1.96. The smallest absolute Gasteiger partial charge is 0.137 e. The number of fused-ring (bicyclic) bond motifs is 3. The van der Waals surface area contributed by atoms with Crippen LogP contribution in [0.4, 0.5) is 0 Å². The van der Waals surface area contributed by atoms with E-state index >= 15 is 0 Å². The standard InChI is InChI=1S/C22H17NO2/c1-22(2)16-7-3-4-8-18(16)25-19-9-5-6-15(20(19)22)21-14-11-13-24-17(14)10-12-23-21/h3-13H,1-2H3. The van der Waals surface area contributed by atoms with Crippen molar-refractivity contribution in [1.29, 1.82) is 0 Å². The Morgan fingerprint density at radius 1 is 0.880 bits per heavy atom. The maximum absolute atomic E-state index is 6.22. The third-order valence-electron chi connectivity index (χ3n) is 5.07. The highest BCUT2D eigenvalue weighted by molar-refractivity contribution is 5.93. The normalized spacial score (nSPS) is 14.6. The van der Waals surface area contributed by atoms with Crippen molar-refractivity contribution >= 4 is 11.0 Å². The van der Waals surface area contributed by atoms with Gasteiger partial charge in [0, 0.05) is 33.7 Å². The number of hydrogen-bond donors (Lipinski definition) is 0. The van der Waals surface area contributed by atoms with Gasteiger partial charge in [-0.1, -0.05) is 44.2 Å². The number of para-hydroxylation sites is 1. The monoisotopic (exact) mass is 327 g/mol. The second kappa shape index (κ2) is 4.96. The van der Waals surface area contributed by atoms with Gasteiger partial charge < -0.3 is 9.15 Å². The van der Waals surface area contributed by atoms with E-state index in [0.717, 1.165) is 39.3 Å². The van der Waals surface area contributed by atoms with E-state index < -0.39 is 0 Å². The molecule has 0 amide bonds. The van der Waals surface area contributed by atoms with E-state index in [1.165, 1.54) is 5.56 Å². The largest absolute Gasteiger partial charge is 0.464 e. The molecule has 122 valence electrons. The minimum absolute atomic E-state index is 0.186. The van der Waals surface area contributed by atoms with Crippen LogP contribution in [-0.4, -0.2) is 4.98 Å². The van der Waals surface area contributed by atoms with Crippen LogP contribution in [0.3, 0.4) is 0 Å². The van der Waals surface area contributed by atoms with Crippen molar-refractivity contribution in [3.05, 3.63) is 78.2 Å². The van der Waals surface area contributed by atoms with Crippen LogP contribution in [0.5, 0.6) is 11.5 Å². The van der Waals surface area contributed by atoms with E-state index in [0.29, 0.717) is 0 Å². The molecule has 0 saturated heterocycles. The zero-order valence-electron chi connectivity index (χ0n) is 14.1. The van der Waals surface area contributed by atoms with Gasteiger partial charge in [-0.05, 0) is 24.3 Å². The fourth-order valence-electron chi connectivity index (χ4n) is 3.89. The molecule has 0 radical (unpaired) electrons. The zero-order valence-corrected chi connectivity index (χ0v) is 14.1. The molecule has 2 aromatic carbocycles. The fourth-order valence-corrected chi connectivity index (χ4v) is 3.89. The van der Waals surface area contributed by atoms with E-state index in [2.05, 4.69) is 37.0 Å². The SMILES string of the molecule is CC1(C)c2ccccc2Oc2cccc(-c3nccc4occc34)c21. The molecule has 3 heteroatoms. The van der Waals surface area contributed by atoms with Gasteiger partial charge >= 0.3 is 0 Å². The second-order valence-electron chi connectivity index (χ2n) is 6.89. The Bertz CT molecular complexity index is 1110. The number of hydrogen-bond acceptors (Lipinski definition) is 3. The Labute approximate surface area is 145 Å². The summed E-state index contributed by atoms with van der Waals surface area (Å²) in [4.78, 5) is 4.66. The van der Waals surface area contributed by atoms with Crippen molar-refractivity contribution in [2.24, 2.45) is 0 Å². The first-order chi connectivity index (χ1) is 12.2. The van der Waals surface area contributed by atoms with E-state index in [1.807, 2.05) is 36.4 Å². The molecule has 1 aliphatic rings. The van der Waals surface area contributed by atoms with Crippen molar-refractivity contribution in [1.82, 2.24) is 4.98 Å². The average molecular weight is 327 g/mol. The molecule has 0 fully saturated rings. The van der Waals surface area contributed by atoms with Gasteiger partial charge in [0.15, 0.2) is 0 Å². The van der Waals surface area contributed by atoms with E-state index in [4.69, 9.17) is 9.15 Å². The average Bonchev–Trinajstić information content (AvgIpc) is 3.10. The summed E-state index contributed by atoms with van der Waals surface area (Å²) >= 11 is 0. The van der Waals surface area contributed by atoms with Crippen molar-refractivity contribution in [2.45, 2.75) is 19.3 Å². The van der Waals surface area contributed by atoms with Crippen LogP contribution in [-0.2, 0) is 5.41 Å². The van der Waals surface area contributed by atoms with E-state index in [9.17, 15) is 0 Å². The maximum atomic E-state index is 6.22. The first-order valence-electron chi connectivity index (χ1n) is 8.40. The Hall–Kier alpha value is -3.07. The molecule has 25 heavy (non-hydrogen) atoms.